The number of anilines is 1. The molecule has 20 heavy (non-hydrogen) atoms. The molecule has 5 heteroatoms. The SMILES string of the molecule is Nc1onc(-c2c(F)cccc2Cl)c1-c1ccccc1. The summed E-state index contributed by atoms with van der Waals surface area (Å²) in [6.07, 6.45) is 0. The molecule has 3 aromatic rings. The molecule has 1 aromatic heterocycles. The maximum atomic E-state index is 14.0. The van der Waals surface area contributed by atoms with Gasteiger partial charge in [-0.05, 0) is 17.7 Å². The van der Waals surface area contributed by atoms with Crippen LogP contribution in [-0.4, -0.2) is 5.16 Å². The fourth-order valence-electron chi connectivity index (χ4n) is 2.08. The van der Waals surface area contributed by atoms with Crippen LogP contribution in [0.25, 0.3) is 22.4 Å². The van der Waals surface area contributed by atoms with Crippen LogP contribution in [0, 0.1) is 5.82 Å². The van der Waals surface area contributed by atoms with Crippen molar-refractivity contribution in [3.05, 3.63) is 59.4 Å². The van der Waals surface area contributed by atoms with Crippen molar-refractivity contribution >= 4 is 17.5 Å². The highest BCUT2D eigenvalue weighted by Gasteiger charge is 2.21. The van der Waals surface area contributed by atoms with E-state index in [1.54, 1.807) is 6.07 Å². The van der Waals surface area contributed by atoms with Crippen LogP contribution in [0.15, 0.2) is 53.1 Å². The number of nitrogens with zero attached hydrogens (tertiary/aromatic N) is 1. The number of nitrogen functional groups attached to an aromatic ring is 1. The lowest BCUT2D eigenvalue weighted by molar-refractivity contribution is 0.439. The van der Waals surface area contributed by atoms with E-state index in [0.29, 0.717) is 11.3 Å². The Morgan fingerprint density at radius 3 is 2.45 bits per heavy atom. The van der Waals surface area contributed by atoms with E-state index in [4.69, 9.17) is 21.9 Å². The number of aromatic nitrogens is 1. The molecule has 0 atom stereocenters. The van der Waals surface area contributed by atoms with Crippen LogP contribution in [0.3, 0.4) is 0 Å². The first-order valence-corrected chi connectivity index (χ1v) is 6.31. The van der Waals surface area contributed by atoms with E-state index in [-0.39, 0.29) is 16.5 Å². The molecular formula is C15H10ClFN2O. The van der Waals surface area contributed by atoms with E-state index in [2.05, 4.69) is 5.16 Å². The highest BCUT2D eigenvalue weighted by molar-refractivity contribution is 6.33. The summed E-state index contributed by atoms with van der Waals surface area (Å²) in [5.74, 6) is -0.339. The minimum absolute atomic E-state index is 0.130. The van der Waals surface area contributed by atoms with Gasteiger partial charge in [0, 0.05) is 0 Å². The van der Waals surface area contributed by atoms with Gasteiger partial charge in [-0.1, -0.05) is 53.2 Å². The van der Waals surface area contributed by atoms with Crippen LogP contribution in [0.2, 0.25) is 5.02 Å². The van der Waals surface area contributed by atoms with Gasteiger partial charge in [-0.2, -0.15) is 0 Å². The van der Waals surface area contributed by atoms with Crippen LogP contribution >= 0.6 is 11.6 Å². The Balaban J connectivity index is 2.27. The largest absolute Gasteiger partial charge is 0.367 e. The first kappa shape index (κ1) is 12.7. The second-order valence-electron chi connectivity index (χ2n) is 4.23. The Morgan fingerprint density at radius 2 is 1.75 bits per heavy atom. The number of benzene rings is 2. The van der Waals surface area contributed by atoms with E-state index in [9.17, 15) is 4.39 Å². The number of hydrogen-bond donors (Lipinski definition) is 1. The zero-order valence-electron chi connectivity index (χ0n) is 10.3. The molecule has 0 aliphatic heterocycles. The summed E-state index contributed by atoms with van der Waals surface area (Å²) < 4.78 is 19.1. The number of hydrogen-bond acceptors (Lipinski definition) is 3. The molecule has 0 saturated carbocycles. The third kappa shape index (κ3) is 2.04. The number of nitrogens with two attached hydrogens (primary N) is 1. The Hall–Kier alpha value is -2.33. The van der Waals surface area contributed by atoms with Crippen molar-refractivity contribution in [2.24, 2.45) is 0 Å². The van der Waals surface area contributed by atoms with Crippen molar-refractivity contribution in [1.82, 2.24) is 5.16 Å². The van der Waals surface area contributed by atoms with Crippen molar-refractivity contribution in [3.8, 4) is 22.4 Å². The average Bonchev–Trinajstić information content (AvgIpc) is 2.81. The van der Waals surface area contributed by atoms with E-state index >= 15 is 0 Å². The van der Waals surface area contributed by atoms with Gasteiger partial charge in [-0.15, -0.1) is 0 Å². The van der Waals surface area contributed by atoms with Crippen LogP contribution in [0.4, 0.5) is 10.3 Å². The molecule has 100 valence electrons. The van der Waals surface area contributed by atoms with Crippen molar-refractivity contribution in [2.45, 2.75) is 0 Å². The summed E-state index contributed by atoms with van der Waals surface area (Å²) >= 11 is 6.07. The van der Waals surface area contributed by atoms with Gasteiger partial charge in [0.15, 0.2) is 0 Å². The van der Waals surface area contributed by atoms with Crippen molar-refractivity contribution < 1.29 is 8.91 Å². The zero-order valence-corrected chi connectivity index (χ0v) is 11.1. The van der Waals surface area contributed by atoms with Gasteiger partial charge in [-0.25, -0.2) is 4.39 Å². The van der Waals surface area contributed by atoms with E-state index in [1.807, 2.05) is 30.3 Å². The number of halogens is 2. The molecule has 1 heterocycles. The quantitative estimate of drug-likeness (QED) is 0.761. The lowest BCUT2D eigenvalue weighted by Gasteiger charge is -2.05. The molecule has 0 saturated heterocycles. The minimum atomic E-state index is -0.469. The smallest absolute Gasteiger partial charge is 0.230 e. The second-order valence-corrected chi connectivity index (χ2v) is 4.64. The normalized spacial score (nSPS) is 10.7. The topological polar surface area (TPSA) is 52.0 Å². The maximum Gasteiger partial charge on any atom is 0.230 e. The monoisotopic (exact) mass is 288 g/mol. The highest BCUT2D eigenvalue weighted by Crippen LogP contribution is 2.39. The predicted octanol–water partition coefficient (Wildman–Crippen LogP) is 4.38. The predicted molar refractivity (Wildman–Crippen MR) is 76.8 cm³/mol. The molecule has 0 bridgehead atoms. The summed E-state index contributed by atoms with van der Waals surface area (Å²) in [6, 6.07) is 13.7. The third-order valence-corrected chi connectivity index (χ3v) is 3.30. The lowest BCUT2D eigenvalue weighted by atomic mass is 10.0. The van der Waals surface area contributed by atoms with Crippen LogP contribution in [0.1, 0.15) is 0 Å². The van der Waals surface area contributed by atoms with Crippen LogP contribution in [-0.2, 0) is 0 Å². The Kier molecular flexibility index (Phi) is 3.16. The van der Waals surface area contributed by atoms with Crippen molar-refractivity contribution in [1.29, 1.82) is 0 Å². The van der Waals surface area contributed by atoms with Gasteiger partial charge in [0.2, 0.25) is 5.88 Å². The summed E-state index contributed by atoms with van der Waals surface area (Å²) in [6.45, 7) is 0. The zero-order chi connectivity index (χ0) is 14.1. The lowest BCUT2D eigenvalue weighted by Crippen LogP contribution is -1.90. The molecule has 2 aromatic carbocycles. The minimum Gasteiger partial charge on any atom is -0.367 e. The molecule has 3 nitrogen and oxygen atoms in total. The van der Waals surface area contributed by atoms with Gasteiger partial charge in [0.25, 0.3) is 0 Å². The number of rotatable bonds is 2. The van der Waals surface area contributed by atoms with Crippen molar-refractivity contribution in [2.75, 3.05) is 5.73 Å². The Labute approximate surface area is 119 Å². The third-order valence-electron chi connectivity index (χ3n) is 2.98. The molecule has 0 amide bonds. The van der Waals surface area contributed by atoms with E-state index in [0.717, 1.165) is 5.56 Å². The van der Waals surface area contributed by atoms with E-state index in [1.165, 1.54) is 12.1 Å². The fraction of sp³-hybridized carbons (Fsp3) is 0. The first-order valence-electron chi connectivity index (χ1n) is 5.93. The second kappa shape index (κ2) is 4.98. The Morgan fingerprint density at radius 1 is 1.00 bits per heavy atom. The molecule has 0 fully saturated rings. The molecule has 0 radical (unpaired) electrons. The Bertz CT molecular complexity index is 736. The van der Waals surface area contributed by atoms with Crippen LogP contribution < -0.4 is 5.73 Å². The summed E-state index contributed by atoms with van der Waals surface area (Å²) in [5.41, 5.74) is 7.64. The molecule has 0 spiro atoms. The summed E-state index contributed by atoms with van der Waals surface area (Å²) in [7, 11) is 0. The van der Waals surface area contributed by atoms with Gasteiger partial charge in [0.05, 0.1) is 16.1 Å². The fourth-order valence-corrected chi connectivity index (χ4v) is 2.33. The summed E-state index contributed by atoms with van der Waals surface area (Å²) in [4.78, 5) is 0. The van der Waals surface area contributed by atoms with Crippen molar-refractivity contribution in [3.63, 3.8) is 0 Å². The molecular weight excluding hydrogens is 279 g/mol. The van der Waals surface area contributed by atoms with E-state index < -0.39 is 5.82 Å². The average molecular weight is 289 g/mol. The molecule has 0 aliphatic rings. The molecule has 2 N–H and O–H groups in total. The van der Waals surface area contributed by atoms with Gasteiger partial charge >= 0.3 is 0 Å². The maximum absolute atomic E-state index is 14.0. The summed E-state index contributed by atoms with van der Waals surface area (Å²) in [5, 5.41) is 4.12. The van der Waals surface area contributed by atoms with Gasteiger partial charge in [0.1, 0.15) is 11.5 Å². The first-order chi connectivity index (χ1) is 9.68. The molecule has 3 rings (SSSR count). The van der Waals surface area contributed by atoms with Crippen LogP contribution in [0.5, 0.6) is 0 Å². The highest BCUT2D eigenvalue weighted by atomic mass is 35.5. The standard InChI is InChI=1S/C15H10ClFN2O/c16-10-7-4-8-11(17)13(10)14-12(15(18)20-19-14)9-5-2-1-3-6-9/h1-8H,18H2. The molecule has 0 aliphatic carbocycles. The van der Waals surface area contributed by atoms with Gasteiger partial charge in [-0.3, -0.25) is 0 Å². The van der Waals surface area contributed by atoms with Gasteiger partial charge < -0.3 is 10.3 Å². The molecule has 0 unspecified atom stereocenters.